The van der Waals surface area contributed by atoms with Crippen molar-refractivity contribution in [2.75, 3.05) is 0 Å². The third kappa shape index (κ3) is 7.42. The SMILES string of the molecule is C/C1=C/[C@H](O)C[C@@](C)(O)/C=C/[C@H](C(C)C)CC/C(C)=C\CC1. The number of rotatable bonds is 1. The van der Waals surface area contributed by atoms with Crippen molar-refractivity contribution in [3.63, 3.8) is 0 Å². The minimum Gasteiger partial charge on any atom is -0.389 e. The van der Waals surface area contributed by atoms with Gasteiger partial charge in [0.05, 0.1) is 11.7 Å². The molecule has 0 radical (unpaired) electrons. The summed E-state index contributed by atoms with van der Waals surface area (Å²) in [5, 5.41) is 20.7. The summed E-state index contributed by atoms with van der Waals surface area (Å²) < 4.78 is 0. The maximum absolute atomic E-state index is 10.5. The third-order valence-electron chi connectivity index (χ3n) is 4.56. The van der Waals surface area contributed by atoms with Crippen molar-refractivity contribution in [1.29, 1.82) is 0 Å². The zero-order chi connectivity index (χ0) is 16.8. The van der Waals surface area contributed by atoms with Gasteiger partial charge in [0, 0.05) is 6.42 Å². The third-order valence-corrected chi connectivity index (χ3v) is 4.56. The molecule has 0 aromatic carbocycles. The highest BCUT2D eigenvalue weighted by molar-refractivity contribution is 5.10. The van der Waals surface area contributed by atoms with Gasteiger partial charge in [0.1, 0.15) is 0 Å². The molecule has 3 atom stereocenters. The maximum Gasteiger partial charge on any atom is 0.0827 e. The van der Waals surface area contributed by atoms with E-state index in [1.54, 1.807) is 6.92 Å². The Balaban J connectivity index is 2.97. The first-order chi connectivity index (χ1) is 10.2. The maximum atomic E-state index is 10.5. The fourth-order valence-electron chi connectivity index (χ4n) is 2.99. The molecule has 0 saturated heterocycles. The Morgan fingerprint density at radius 2 is 1.86 bits per heavy atom. The van der Waals surface area contributed by atoms with Gasteiger partial charge in [-0.25, -0.2) is 0 Å². The lowest BCUT2D eigenvalue weighted by Gasteiger charge is -2.24. The van der Waals surface area contributed by atoms with Crippen LogP contribution in [0.25, 0.3) is 0 Å². The van der Waals surface area contributed by atoms with Gasteiger partial charge in [0.25, 0.3) is 0 Å². The van der Waals surface area contributed by atoms with E-state index < -0.39 is 11.7 Å². The Labute approximate surface area is 136 Å². The largest absolute Gasteiger partial charge is 0.389 e. The van der Waals surface area contributed by atoms with Crippen LogP contribution in [0, 0.1) is 11.8 Å². The second kappa shape index (κ2) is 8.69. The molecular formula is C20H34O2. The molecule has 0 heterocycles. The molecule has 1 aliphatic rings. The van der Waals surface area contributed by atoms with Crippen molar-refractivity contribution in [2.24, 2.45) is 11.8 Å². The molecule has 0 aromatic rings. The smallest absolute Gasteiger partial charge is 0.0827 e. The molecular weight excluding hydrogens is 272 g/mol. The average molecular weight is 306 g/mol. The van der Waals surface area contributed by atoms with Crippen LogP contribution in [0.15, 0.2) is 35.5 Å². The Kier molecular flexibility index (Phi) is 7.58. The fraction of sp³-hybridized carbons (Fsp3) is 0.700. The van der Waals surface area contributed by atoms with Crippen molar-refractivity contribution in [3.8, 4) is 0 Å². The summed E-state index contributed by atoms with van der Waals surface area (Å²) in [6.45, 7) is 10.5. The van der Waals surface area contributed by atoms with Crippen molar-refractivity contribution >= 4 is 0 Å². The number of hydrogen-bond donors (Lipinski definition) is 2. The van der Waals surface area contributed by atoms with Crippen LogP contribution in [0.3, 0.4) is 0 Å². The van der Waals surface area contributed by atoms with E-state index in [9.17, 15) is 10.2 Å². The van der Waals surface area contributed by atoms with E-state index in [2.05, 4.69) is 39.8 Å². The highest BCUT2D eigenvalue weighted by Gasteiger charge is 2.21. The Hall–Kier alpha value is -0.860. The molecule has 0 saturated carbocycles. The van der Waals surface area contributed by atoms with Crippen LogP contribution < -0.4 is 0 Å². The highest BCUT2D eigenvalue weighted by atomic mass is 16.3. The van der Waals surface area contributed by atoms with Gasteiger partial charge in [0.15, 0.2) is 0 Å². The quantitative estimate of drug-likeness (QED) is 0.684. The standard InChI is InChI=1S/C20H34O2/c1-15(2)18-10-9-16(3)7-6-8-17(4)13-19(21)14-20(5,22)12-11-18/h7,11-13,15,18-19,21-22H,6,8-10,14H2,1-5H3/b12-11+,16-7-,17-13-/t18-,19+,20+/m1/s1. The molecule has 1 aliphatic carbocycles. The summed E-state index contributed by atoms with van der Waals surface area (Å²) >= 11 is 0. The van der Waals surface area contributed by atoms with Crippen molar-refractivity contribution in [1.82, 2.24) is 0 Å². The lowest BCUT2D eigenvalue weighted by atomic mass is 9.86. The molecule has 126 valence electrons. The lowest BCUT2D eigenvalue weighted by molar-refractivity contribution is 0.0565. The summed E-state index contributed by atoms with van der Waals surface area (Å²) in [4.78, 5) is 0. The molecule has 0 spiro atoms. The summed E-state index contributed by atoms with van der Waals surface area (Å²) in [6.07, 6.45) is 12.2. The van der Waals surface area contributed by atoms with Crippen LogP contribution in [-0.4, -0.2) is 21.9 Å². The minimum atomic E-state index is -0.960. The van der Waals surface area contributed by atoms with E-state index in [1.807, 2.05) is 12.2 Å². The summed E-state index contributed by atoms with van der Waals surface area (Å²) in [5.41, 5.74) is 1.67. The van der Waals surface area contributed by atoms with Gasteiger partial charge < -0.3 is 10.2 Å². The van der Waals surface area contributed by atoms with Crippen LogP contribution in [0.4, 0.5) is 0 Å². The van der Waals surface area contributed by atoms with Crippen molar-refractivity contribution < 1.29 is 10.2 Å². The number of aliphatic hydroxyl groups excluding tert-OH is 1. The van der Waals surface area contributed by atoms with Crippen LogP contribution in [-0.2, 0) is 0 Å². The zero-order valence-corrected chi connectivity index (χ0v) is 15.0. The predicted octanol–water partition coefficient (Wildman–Crippen LogP) is 4.78. The van der Waals surface area contributed by atoms with Gasteiger partial charge in [-0.2, -0.15) is 0 Å². The van der Waals surface area contributed by atoms with Crippen LogP contribution in [0.2, 0.25) is 0 Å². The van der Waals surface area contributed by atoms with Crippen LogP contribution in [0.1, 0.15) is 66.7 Å². The molecule has 1 rings (SSSR count). The number of allylic oxidation sites excluding steroid dienone is 4. The lowest BCUT2D eigenvalue weighted by Crippen LogP contribution is -2.27. The zero-order valence-electron chi connectivity index (χ0n) is 15.0. The van der Waals surface area contributed by atoms with Crippen LogP contribution in [0.5, 0.6) is 0 Å². The van der Waals surface area contributed by atoms with E-state index in [4.69, 9.17) is 0 Å². The van der Waals surface area contributed by atoms with Gasteiger partial charge in [-0.3, -0.25) is 0 Å². The molecule has 2 N–H and O–H groups in total. The second-order valence-electron chi connectivity index (χ2n) is 7.54. The van der Waals surface area contributed by atoms with E-state index in [0.717, 1.165) is 25.7 Å². The molecule has 0 aromatic heterocycles. The topological polar surface area (TPSA) is 40.5 Å². The van der Waals surface area contributed by atoms with Crippen molar-refractivity contribution in [3.05, 3.63) is 35.5 Å². The average Bonchev–Trinajstić information content (AvgIpc) is 2.36. The minimum absolute atomic E-state index is 0.348. The molecule has 22 heavy (non-hydrogen) atoms. The first-order valence-electron chi connectivity index (χ1n) is 8.62. The Bertz CT molecular complexity index is 427. The first-order valence-corrected chi connectivity index (χ1v) is 8.62. The van der Waals surface area contributed by atoms with Crippen molar-refractivity contribution in [2.45, 2.75) is 78.4 Å². The first kappa shape index (κ1) is 19.2. The molecule has 0 aliphatic heterocycles. The van der Waals surface area contributed by atoms with E-state index in [0.29, 0.717) is 18.3 Å². The monoisotopic (exact) mass is 306 g/mol. The van der Waals surface area contributed by atoms with Crippen LogP contribution >= 0.6 is 0 Å². The Morgan fingerprint density at radius 3 is 2.50 bits per heavy atom. The summed E-state index contributed by atoms with van der Waals surface area (Å²) in [7, 11) is 0. The van der Waals surface area contributed by atoms with Gasteiger partial charge in [0.2, 0.25) is 0 Å². The predicted molar refractivity (Wildman–Crippen MR) is 94.7 cm³/mol. The fourth-order valence-corrected chi connectivity index (χ4v) is 2.99. The van der Waals surface area contributed by atoms with E-state index in [-0.39, 0.29) is 0 Å². The second-order valence-corrected chi connectivity index (χ2v) is 7.54. The van der Waals surface area contributed by atoms with Gasteiger partial charge in [-0.15, -0.1) is 0 Å². The van der Waals surface area contributed by atoms with Gasteiger partial charge in [-0.1, -0.05) is 49.3 Å². The normalized spacial score (nSPS) is 38.5. The molecule has 0 fully saturated rings. The molecule has 0 unspecified atom stereocenters. The molecule has 2 nitrogen and oxygen atoms in total. The number of aliphatic hydroxyl groups is 2. The highest BCUT2D eigenvalue weighted by Crippen LogP contribution is 2.25. The summed E-state index contributed by atoms with van der Waals surface area (Å²) in [6, 6.07) is 0. The van der Waals surface area contributed by atoms with Gasteiger partial charge in [-0.05, 0) is 58.3 Å². The molecule has 0 bridgehead atoms. The van der Waals surface area contributed by atoms with Gasteiger partial charge >= 0.3 is 0 Å². The molecule has 2 heteroatoms. The van der Waals surface area contributed by atoms with E-state index >= 15 is 0 Å². The van der Waals surface area contributed by atoms with E-state index in [1.165, 1.54) is 11.1 Å². The Morgan fingerprint density at radius 1 is 1.18 bits per heavy atom. The molecule has 0 amide bonds. The number of hydrogen-bond acceptors (Lipinski definition) is 2. The summed E-state index contributed by atoms with van der Waals surface area (Å²) in [5.74, 6) is 1.02.